The summed E-state index contributed by atoms with van der Waals surface area (Å²) < 4.78 is 50.8. The number of piperidine rings is 1. The topological polar surface area (TPSA) is 62.9 Å². The first-order valence-electron chi connectivity index (χ1n) is 9.10. The Balaban J connectivity index is 1.94. The quantitative estimate of drug-likeness (QED) is 0.740. The molecule has 0 aliphatic carbocycles. The number of rotatable bonds is 1. The molecule has 1 aliphatic rings. The number of nitrogens with zero attached hydrogens (tertiary/aromatic N) is 1. The average Bonchev–Trinajstić information content (AvgIpc) is 3.02. The molecule has 0 radical (unpaired) electrons. The van der Waals surface area contributed by atoms with Crippen LogP contribution in [0.5, 0.6) is 0 Å². The average molecular weight is 399 g/mol. The van der Waals surface area contributed by atoms with Crippen LogP contribution < -0.4 is 0 Å². The van der Waals surface area contributed by atoms with Crippen molar-refractivity contribution in [2.75, 3.05) is 13.1 Å². The van der Waals surface area contributed by atoms with Crippen LogP contribution in [0.25, 0.3) is 11.0 Å². The van der Waals surface area contributed by atoms with Gasteiger partial charge in [-0.1, -0.05) is 6.92 Å². The number of hydrogen-bond donors (Lipinski definition) is 1. The van der Waals surface area contributed by atoms with Gasteiger partial charge in [-0.25, -0.2) is 4.79 Å². The third-order valence-electron chi connectivity index (χ3n) is 5.07. The highest BCUT2D eigenvalue weighted by Gasteiger charge is 2.45. The van der Waals surface area contributed by atoms with E-state index >= 15 is 0 Å². The Bertz CT molecular complexity index is 884. The van der Waals surface area contributed by atoms with Crippen LogP contribution in [0.2, 0.25) is 0 Å². The first-order chi connectivity index (χ1) is 12.8. The standard InChI is InChI=1S/C20H24F3NO4/c1-12-11-24(17(25)28-18(2,3)4)7-6-19(12,26)15-10-14(20(21,22)23)9-13-5-8-27-16(13)15/h5,8-10,12,26H,6-7,11H2,1-4H3. The zero-order valence-electron chi connectivity index (χ0n) is 16.3. The van der Waals surface area contributed by atoms with Crippen LogP contribution in [0, 0.1) is 5.92 Å². The van der Waals surface area contributed by atoms with Gasteiger partial charge < -0.3 is 19.2 Å². The third-order valence-corrected chi connectivity index (χ3v) is 5.07. The summed E-state index contributed by atoms with van der Waals surface area (Å²) in [5.41, 5.74) is -2.73. The van der Waals surface area contributed by atoms with Crippen LogP contribution in [0.15, 0.2) is 28.9 Å². The summed E-state index contributed by atoms with van der Waals surface area (Å²) in [4.78, 5) is 13.8. The van der Waals surface area contributed by atoms with E-state index in [4.69, 9.17) is 9.15 Å². The van der Waals surface area contributed by atoms with E-state index < -0.39 is 35.0 Å². The van der Waals surface area contributed by atoms with Crippen LogP contribution in [-0.2, 0) is 16.5 Å². The van der Waals surface area contributed by atoms with Crippen LogP contribution in [-0.4, -0.2) is 34.8 Å². The molecule has 0 spiro atoms. The Kier molecular flexibility index (Phi) is 4.90. The monoisotopic (exact) mass is 399 g/mol. The molecule has 154 valence electrons. The van der Waals surface area contributed by atoms with Crippen molar-refractivity contribution in [1.82, 2.24) is 4.90 Å². The second-order valence-corrected chi connectivity index (χ2v) is 8.36. The summed E-state index contributed by atoms with van der Waals surface area (Å²) in [6, 6.07) is 3.40. The van der Waals surface area contributed by atoms with Gasteiger partial charge in [-0.2, -0.15) is 13.2 Å². The van der Waals surface area contributed by atoms with Crippen LogP contribution in [0.3, 0.4) is 0 Å². The molecule has 1 aliphatic heterocycles. The van der Waals surface area contributed by atoms with Crippen molar-refractivity contribution in [2.24, 2.45) is 5.92 Å². The van der Waals surface area contributed by atoms with Gasteiger partial charge in [-0.15, -0.1) is 0 Å². The molecule has 2 atom stereocenters. The number of halogens is 3. The second-order valence-electron chi connectivity index (χ2n) is 8.36. The van der Waals surface area contributed by atoms with Gasteiger partial charge in [0.15, 0.2) is 0 Å². The number of amides is 1. The molecule has 1 saturated heterocycles. The largest absolute Gasteiger partial charge is 0.464 e. The zero-order valence-corrected chi connectivity index (χ0v) is 16.3. The van der Waals surface area contributed by atoms with E-state index in [1.165, 1.54) is 17.2 Å². The maximum atomic E-state index is 13.3. The Hall–Kier alpha value is -2.22. The van der Waals surface area contributed by atoms with Gasteiger partial charge >= 0.3 is 12.3 Å². The number of aliphatic hydroxyl groups is 1. The number of hydrogen-bond acceptors (Lipinski definition) is 4. The second kappa shape index (κ2) is 6.69. The molecule has 28 heavy (non-hydrogen) atoms. The van der Waals surface area contributed by atoms with Crippen molar-refractivity contribution < 1.29 is 32.2 Å². The normalized spacial score (nSPS) is 23.9. The van der Waals surface area contributed by atoms with E-state index in [-0.39, 0.29) is 36.0 Å². The SMILES string of the molecule is CC1CN(C(=O)OC(C)(C)C)CCC1(O)c1cc(C(F)(F)F)cc2ccoc12. The number of carbonyl (C=O) groups excluding carboxylic acids is 1. The van der Waals surface area contributed by atoms with E-state index in [1.54, 1.807) is 27.7 Å². The van der Waals surface area contributed by atoms with Crippen molar-refractivity contribution in [3.8, 4) is 0 Å². The van der Waals surface area contributed by atoms with Gasteiger partial charge in [0, 0.05) is 30.0 Å². The Morgan fingerprint density at radius 3 is 2.57 bits per heavy atom. The van der Waals surface area contributed by atoms with Gasteiger partial charge in [0.05, 0.1) is 17.4 Å². The predicted octanol–water partition coefficient (Wildman–Crippen LogP) is 4.92. The Morgan fingerprint density at radius 1 is 1.32 bits per heavy atom. The van der Waals surface area contributed by atoms with Gasteiger partial charge in [-0.05, 0) is 45.4 Å². The summed E-state index contributed by atoms with van der Waals surface area (Å²) in [6.07, 6.45) is -3.67. The number of furan rings is 1. The lowest BCUT2D eigenvalue weighted by molar-refractivity contribution is -0.137. The molecular formula is C20H24F3NO4. The first-order valence-corrected chi connectivity index (χ1v) is 9.10. The molecule has 8 heteroatoms. The lowest BCUT2D eigenvalue weighted by Crippen LogP contribution is -2.51. The molecule has 3 rings (SSSR count). The highest BCUT2D eigenvalue weighted by molar-refractivity contribution is 5.82. The zero-order chi connectivity index (χ0) is 20.9. The summed E-state index contributed by atoms with van der Waals surface area (Å²) >= 11 is 0. The molecule has 1 amide bonds. The first kappa shape index (κ1) is 20.5. The van der Waals surface area contributed by atoms with Crippen molar-refractivity contribution in [1.29, 1.82) is 0 Å². The fourth-order valence-electron chi connectivity index (χ4n) is 3.58. The van der Waals surface area contributed by atoms with E-state index in [2.05, 4.69) is 0 Å². The van der Waals surface area contributed by atoms with Gasteiger partial charge in [0.2, 0.25) is 0 Å². The van der Waals surface area contributed by atoms with Crippen molar-refractivity contribution in [2.45, 2.75) is 51.5 Å². The fourth-order valence-corrected chi connectivity index (χ4v) is 3.58. The van der Waals surface area contributed by atoms with Crippen molar-refractivity contribution in [3.05, 3.63) is 35.6 Å². The predicted molar refractivity (Wildman–Crippen MR) is 96.7 cm³/mol. The molecule has 1 fully saturated rings. The molecule has 0 saturated carbocycles. The van der Waals surface area contributed by atoms with E-state index in [1.807, 2.05) is 0 Å². The summed E-state index contributed by atoms with van der Waals surface area (Å²) in [6.45, 7) is 7.28. The van der Waals surface area contributed by atoms with Crippen LogP contribution in [0.4, 0.5) is 18.0 Å². The minimum absolute atomic E-state index is 0.0739. The molecule has 5 nitrogen and oxygen atoms in total. The van der Waals surface area contributed by atoms with Gasteiger partial charge in [0.1, 0.15) is 11.2 Å². The molecule has 1 N–H and O–H groups in total. The van der Waals surface area contributed by atoms with Crippen molar-refractivity contribution >= 4 is 17.1 Å². The number of fused-ring (bicyclic) bond motifs is 1. The molecule has 2 heterocycles. The number of likely N-dealkylation sites (tertiary alicyclic amines) is 1. The van der Waals surface area contributed by atoms with Gasteiger partial charge in [-0.3, -0.25) is 0 Å². The smallest absolute Gasteiger partial charge is 0.416 e. The number of alkyl halides is 3. The lowest BCUT2D eigenvalue weighted by atomic mass is 9.76. The van der Waals surface area contributed by atoms with Gasteiger partial charge in [0.25, 0.3) is 0 Å². The number of ether oxygens (including phenoxy) is 1. The third kappa shape index (κ3) is 3.83. The van der Waals surface area contributed by atoms with E-state index in [0.717, 1.165) is 12.1 Å². The Morgan fingerprint density at radius 2 is 2.00 bits per heavy atom. The highest BCUT2D eigenvalue weighted by atomic mass is 19.4. The van der Waals surface area contributed by atoms with Crippen LogP contribution >= 0.6 is 0 Å². The summed E-state index contributed by atoms with van der Waals surface area (Å²) in [7, 11) is 0. The molecule has 2 unspecified atom stereocenters. The Labute approximate surface area is 161 Å². The minimum atomic E-state index is -4.54. The molecular weight excluding hydrogens is 375 g/mol. The van der Waals surface area contributed by atoms with Crippen molar-refractivity contribution in [3.63, 3.8) is 0 Å². The lowest BCUT2D eigenvalue weighted by Gasteiger charge is -2.43. The maximum absolute atomic E-state index is 13.3. The van der Waals surface area contributed by atoms with Crippen LogP contribution in [0.1, 0.15) is 45.2 Å². The fraction of sp³-hybridized carbons (Fsp3) is 0.550. The van der Waals surface area contributed by atoms with E-state index in [9.17, 15) is 23.1 Å². The highest BCUT2D eigenvalue weighted by Crippen LogP contribution is 2.43. The maximum Gasteiger partial charge on any atom is 0.416 e. The number of carbonyl (C=O) groups is 1. The summed E-state index contributed by atoms with van der Waals surface area (Å²) in [5.74, 6) is -0.523. The molecule has 1 aromatic carbocycles. The minimum Gasteiger partial charge on any atom is -0.464 e. The van der Waals surface area contributed by atoms with E-state index in [0.29, 0.717) is 0 Å². The number of benzene rings is 1. The summed E-state index contributed by atoms with van der Waals surface area (Å²) in [5, 5.41) is 11.6. The molecule has 0 bridgehead atoms. The molecule has 2 aromatic rings. The molecule has 1 aromatic heterocycles.